The van der Waals surface area contributed by atoms with Gasteiger partial charge in [0, 0.05) is 19.6 Å². The molecule has 0 radical (unpaired) electrons. The third kappa shape index (κ3) is 3.94. The van der Waals surface area contributed by atoms with E-state index in [4.69, 9.17) is 12.2 Å². The van der Waals surface area contributed by atoms with E-state index in [-0.39, 0.29) is 0 Å². The van der Waals surface area contributed by atoms with Crippen LogP contribution in [0.1, 0.15) is 39.0 Å². The molecule has 0 aromatic carbocycles. The standard InChI is InChI=1S/C10H20N2S/c1-2-7-11-10(13)12-8-5-3-4-6-9-12/h2-9H2,1H3,(H,11,13). The van der Waals surface area contributed by atoms with E-state index in [0.717, 1.165) is 31.2 Å². The van der Waals surface area contributed by atoms with Crippen LogP contribution in [0.5, 0.6) is 0 Å². The smallest absolute Gasteiger partial charge is 0.168 e. The monoisotopic (exact) mass is 200 g/mol. The fourth-order valence-electron chi connectivity index (χ4n) is 1.62. The summed E-state index contributed by atoms with van der Waals surface area (Å²) in [6.07, 6.45) is 6.48. The Balaban J connectivity index is 2.26. The Morgan fingerprint density at radius 1 is 1.23 bits per heavy atom. The molecule has 0 unspecified atom stereocenters. The van der Waals surface area contributed by atoms with Gasteiger partial charge in [0.15, 0.2) is 5.11 Å². The first-order chi connectivity index (χ1) is 6.34. The highest BCUT2D eigenvalue weighted by Crippen LogP contribution is 2.09. The van der Waals surface area contributed by atoms with Crippen LogP contribution in [0.25, 0.3) is 0 Å². The van der Waals surface area contributed by atoms with Crippen molar-refractivity contribution in [3.8, 4) is 0 Å². The van der Waals surface area contributed by atoms with E-state index in [1.807, 2.05) is 0 Å². The lowest BCUT2D eigenvalue weighted by molar-refractivity contribution is 0.427. The fourth-order valence-corrected chi connectivity index (χ4v) is 1.90. The van der Waals surface area contributed by atoms with Gasteiger partial charge in [-0.1, -0.05) is 19.8 Å². The van der Waals surface area contributed by atoms with Crippen molar-refractivity contribution in [1.82, 2.24) is 10.2 Å². The number of thiocarbonyl (C=S) groups is 1. The van der Waals surface area contributed by atoms with Crippen LogP contribution in [-0.2, 0) is 0 Å². The van der Waals surface area contributed by atoms with E-state index in [2.05, 4.69) is 17.1 Å². The number of hydrogen-bond donors (Lipinski definition) is 1. The normalized spacial score (nSPS) is 18.1. The molecular weight excluding hydrogens is 180 g/mol. The Bertz CT molecular complexity index is 151. The van der Waals surface area contributed by atoms with E-state index >= 15 is 0 Å². The van der Waals surface area contributed by atoms with E-state index in [1.54, 1.807) is 0 Å². The third-order valence-corrected chi connectivity index (χ3v) is 2.82. The van der Waals surface area contributed by atoms with Crippen molar-refractivity contribution in [1.29, 1.82) is 0 Å². The lowest BCUT2D eigenvalue weighted by Crippen LogP contribution is -2.40. The molecule has 0 atom stereocenters. The van der Waals surface area contributed by atoms with Crippen LogP contribution in [-0.4, -0.2) is 29.6 Å². The van der Waals surface area contributed by atoms with Crippen molar-refractivity contribution in [2.75, 3.05) is 19.6 Å². The van der Waals surface area contributed by atoms with E-state index in [9.17, 15) is 0 Å². The molecule has 0 spiro atoms. The highest BCUT2D eigenvalue weighted by atomic mass is 32.1. The lowest BCUT2D eigenvalue weighted by atomic mass is 10.2. The molecule has 1 aliphatic heterocycles. The summed E-state index contributed by atoms with van der Waals surface area (Å²) in [6, 6.07) is 0. The minimum absolute atomic E-state index is 0.962. The molecule has 0 aromatic rings. The molecule has 2 nitrogen and oxygen atoms in total. The fraction of sp³-hybridized carbons (Fsp3) is 0.900. The summed E-state index contributed by atoms with van der Waals surface area (Å²) in [5.41, 5.74) is 0. The largest absolute Gasteiger partial charge is 0.363 e. The second-order valence-electron chi connectivity index (χ2n) is 3.63. The zero-order chi connectivity index (χ0) is 9.52. The van der Waals surface area contributed by atoms with Crippen molar-refractivity contribution in [3.63, 3.8) is 0 Å². The van der Waals surface area contributed by atoms with Crippen LogP contribution in [0.3, 0.4) is 0 Å². The Morgan fingerprint density at radius 3 is 2.38 bits per heavy atom. The minimum atomic E-state index is 0.962. The van der Waals surface area contributed by atoms with Gasteiger partial charge in [-0.25, -0.2) is 0 Å². The number of nitrogens with one attached hydrogen (secondary N) is 1. The number of nitrogens with zero attached hydrogens (tertiary/aromatic N) is 1. The summed E-state index contributed by atoms with van der Waals surface area (Å²) in [6.45, 7) is 5.47. The van der Waals surface area contributed by atoms with E-state index in [1.165, 1.54) is 25.7 Å². The average molecular weight is 200 g/mol. The minimum Gasteiger partial charge on any atom is -0.363 e. The predicted octanol–water partition coefficient (Wildman–Crippen LogP) is 2.15. The van der Waals surface area contributed by atoms with Gasteiger partial charge in [0.1, 0.15) is 0 Å². The quantitative estimate of drug-likeness (QED) is 0.688. The second-order valence-corrected chi connectivity index (χ2v) is 4.02. The van der Waals surface area contributed by atoms with Crippen LogP contribution in [0.2, 0.25) is 0 Å². The first-order valence-corrected chi connectivity index (χ1v) is 5.78. The first-order valence-electron chi connectivity index (χ1n) is 5.37. The molecule has 1 N–H and O–H groups in total. The topological polar surface area (TPSA) is 15.3 Å². The second kappa shape index (κ2) is 6.19. The molecule has 0 amide bonds. The van der Waals surface area contributed by atoms with Gasteiger partial charge in [0.25, 0.3) is 0 Å². The number of hydrogen-bond acceptors (Lipinski definition) is 1. The first kappa shape index (κ1) is 10.8. The van der Waals surface area contributed by atoms with Crippen molar-refractivity contribution in [2.45, 2.75) is 39.0 Å². The summed E-state index contributed by atoms with van der Waals surface area (Å²) in [5.74, 6) is 0. The molecule has 1 aliphatic rings. The number of rotatable bonds is 2. The molecule has 1 saturated heterocycles. The molecular formula is C10H20N2S. The summed E-state index contributed by atoms with van der Waals surface area (Å²) in [7, 11) is 0. The Labute approximate surface area is 86.7 Å². The van der Waals surface area contributed by atoms with Crippen molar-refractivity contribution in [3.05, 3.63) is 0 Å². The van der Waals surface area contributed by atoms with Gasteiger partial charge in [0.2, 0.25) is 0 Å². The molecule has 3 heteroatoms. The maximum atomic E-state index is 5.31. The van der Waals surface area contributed by atoms with Crippen LogP contribution in [0.4, 0.5) is 0 Å². The molecule has 1 rings (SSSR count). The molecule has 1 heterocycles. The molecule has 0 aromatic heterocycles. The molecule has 13 heavy (non-hydrogen) atoms. The van der Waals surface area contributed by atoms with Gasteiger partial charge in [-0.15, -0.1) is 0 Å². The SMILES string of the molecule is CCCNC(=S)N1CCCCCC1. The third-order valence-electron chi connectivity index (χ3n) is 2.42. The predicted molar refractivity (Wildman–Crippen MR) is 60.9 cm³/mol. The highest BCUT2D eigenvalue weighted by Gasteiger charge is 2.10. The van der Waals surface area contributed by atoms with Gasteiger partial charge >= 0.3 is 0 Å². The van der Waals surface area contributed by atoms with Crippen molar-refractivity contribution >= 4 is 17.3 Å². The Kier molecular flexibility index (Phi) is 5.13. The lowest BCUT2D eigenvalue weighted by Gasteiger charge is -2.23. The zero-order valence-electron chi connectivity index (χ0n) is 8.51. The Morgan fingerprint density at radius 2 is 1.85 bits per heavy atom. The number of likely N-dealkylation sites (tertiary alicyclic amines) is 1. The van der Waals surface area contributed by atoms with Gasteiger partial charge in [0.05, 0.1) is 0 Å². The highest BCUT2D eigenvalue weighted by molar-refractivity contribution is 7.80. The van der Waals surface area contributed by atoms with E-state index in [0.29, 0.717) is 0 Å². The molecule has 0 bridgehead atoms. The van der Waals surface area contributed by atoms with E-state index < -0.39 is 0 Å². The summed E-state index contributed by atoms with van der Waals surface area (Å²) in [4.78, 5) is 2.32. The van der Waals surface area contributed by atoms with Gasteiger partial charge in [-0.3, -0.25) is 0 Å². The summed E-state index contributed by atoms with van der Waals surface area (Å²) < 4.78 is 0. The van der Waals surface area contributed by atoms with Crippen LogP contribution >= 0.6 is 12.2 Å². The van der Waals surface area contributed by atoms with Gasteiger partial charge < -0.3 is 10.2 Å². The molecule has 0 aliphatic carbocycles. The molecule has 1 fully saturated rings. The zero-order valence-corrected chi connectivity index (χ0v) is 9.33. The molecule has 76 valence electrons. The summed E-state index contributed by atoms with van der Waals surface area (Å²) >= 11 is 5.31. The van der Waals surface area contributed by atoms with Gasteiger partial charge in [-0.05, 0) is 31.5 Å². The average Bonchev–Trinajstić information content (AvgIpc) is 2.42. The van der Waals surface area contributed by atoms with Crippen LogP contribution < -0.4 is 5.32 Å². The van der Waals surface area contributed by atoms with Crippen molar-refractivity contribution in [2.24, 2.45) is 0 Å². The summed E-state index contributed by atoms with van der Waals surface area (Å²) in [5, 5.41) is 4.25. The molecule has 0 saturated carbocycles. The van der Waals surface area contributed by atoms with Crippen LogP contribution in [0.15, 0.2) is 0 Å². The van der Waals surface area contributed by atoms with Crippen LogP contribution in [0, 0.1) is 0 Å². The maximum Gasteiger partial charge on any atom is 0.168 e. The van der Waals surface area contributed by atoms with Gasteiger partial charge in [-0.2, -0.15) is 0 Å². The van der Waals surface area contributed by atoms with Crippen molar-refractivity contribution < 1.29 is 0 Å². The Hall–Kier alpha value is -0.310. The maximum absolute atomic E-state index is 5.31.